The van der Waals surface area contributed by atoms with Crippen LogP contribution in [0.4, 0.5) is 0 Å². The SMILES string of the molecule is CCN(CC)C1CCN(C(=O)Cn2c(=O)oc3ccccc32)CC1. The second-order valence-electron chi connectivity index (χ2n) is 6.26. The topological polar surface area (TPSA) is 58.7 Å². The summed E-state index contributed by atoms with van der Waals surface area (Å²) in [4.78, 5) is 28.9. The van der Waals surface area contributed by atoms with Gasteiger partial charge in [0.25, 0.3) is 0 Å². The van der Waals surface area contributed by atoms with Gasteiger partial charge < -0.3 is 14.2 Å². The minimum absolute atomic E-state index is 0.0124. The summed E-state index contributed by atoms with van der Waals surface area (Å²) in [6.07, 6.45) is 1.99. The first-order chi connectivity index (χ1) is 11.6. The van der Waals surface area contributed by atoms with Crippen molar-refractivity contribution in [3.05, 3.63) is 34.8 Å². The molecule has 6 heteroatoms. The van der Waals surface area contributed by atoms with Crippen LogP contribution >= 0.6 is 0 Å². The monoisotopic (exact) mass is 331 g/mol. The molecule has 2 aromatic rings. The third kappa shape index (κ3) is 3.24. The molecule has 1 aromatic heterocycles. The summed E-state index contributed by atoms with van der Waals surface area (Å²) in [6.45, 7) is 8.01. The van der Waals surface area contributed by atoms with Crippen molar-refractivity contribution in [2.24, 2.45) is 0 Å². The minimum atomic E-state index is -0.470. The molecular weight excluding hydrogens is 306 g/mol. The molecule has 0 atom stereocenters. The Morgan fingerprint density at radius 3 is 2.54 bits per heavy atom. The molecule has 1 fully saturated rings. The van der Waals surface area contributed by atoms with Crippen LogP contribution in [0.2, 0.25) is 0 Å². The van der Waals surface area contributed by atoms with Crippen molar-refractivity contribution in [1.82, 2.24) is 14.4 Å². The van der Waals surface area contributed by atoms with Gasteiger partial charge in [-0.1, -0.05) is 26.0 Å². The molecular formula is C18H25N3O3. The van der Waals surface area contributed by atoms with E-state index >= 15 is 0 Å². The quantitative estimate of drug-likeness (QED) is 0.840. The summed E-state index contributed by atoms with van der Waals surface area (Å²) in [5.74, 6) is -0.482. The van der Waals surface area contributed by atoms with Gasteiger partial charge in [-0.2, -0.15) is 0 Å². The number of fused-ring (bicyclic) bond motifs is 1. The summed E-state index contributed by atoms with van der Waals surface area (Å²) in [7, 11) is 0. The van der Waals surface area contributed by atoms with Crippen LogP contribution in [-0.4, -0.2) is 52.5 Å². The number of likely N-dealkylation sites (tertiary alicyclic amines) is 1. The van der Waals surface area contributed by atoms with E-state index in [0.717, 1.165) is 39.0 Å². The Morgan fingerprint density at radius 1 is 1.21 bits per heavy atom. The van der Waals surface area contributed by atoms with Gasteiger partial charge in [0.05, 0.1) is 5.52 Å². The fourth-order valence-electron chi connectivity index (χ4n) is 3.62. The van der Waals surface area contributed by atoms with Crippen LogP contribution < -0.4 is 5.76 Å². The summed E-state index contributed by atoms with van der Waals surface area (Å²) < 4.78 is 6.62. The molecule has 0 saturated carbocycles. The third-order valence-electron chi connectivity index (χ3n) is 5.01. The first kappa shape index (κ1) is 16.8. The number of nitrogens with zero attached hydrogens (tertiary/aromatic N) is 3. The highest BCUT2D eigenvalue weighted by molar-refractivity contribution is 5.79. The number of para-hydroxylation sites is 2. The number of oxazole rings is 1. The van der Waals surface area contributed by atoms with Crippen molar-refractivity contribution in [2.75, 3.05) is 26.2 Å². The average molecular weight is 331 g/mol. The van der Waals surface area contributed by atoms with Crippen LogP contribution in [0.25, 0.3) is 11.1 Å². The lowest BCUT2D eigenvalue weighted by molar-refractivity contribution is -0.133. The van der Waals surface area contributed by atoms with Gasteiger partial charge >= 0.3 is 5.76 Å². The third-order valence-corrected chi connectivity index (χ3v) is 5.01. The molecule has 6 nitrogen and oxygen atoms in total. The van der Waals surface area contributed by atoms with E-state index in [1.165, 1.54) is 4.57 Å². The van der Waals surface area contributed by atoms with E-state index in [9.17, 15) is 9.59 Å². The van der Waals surface area contributed by atoms with E-state index in [4.69, 9.17) is 4.42 Å². The van der Waals surface area contributed by atoms with Crippen molar-refractivity contribution in [3.63, 3.8) is 0 Å². The lowest BCUT2D eigenvalue weighted by Crippen LogP contribution is -2.47. The van der Waals surface area contributed by atoms with Gasteiger partial charge in [-0.3, -0.25) is 9.36 Å². The Kier molecular flexibility index (Phi) is 5.04. The smallest absolute Gasteiger partial charge is 0.408 e. The van der Waals surface area contributed by atoms with Crippen molar-refractivity contribution < 1.29 is 9.21 Å². The van der Waals surface area contributed by atoms with Crippen molar-refractivity contribution in [3.8, 4) is 0 Å². The zero-order valence-corrected chi connectivity index (χ0v) is 14.4. The molecule has 1 aliphatic heterocycles. The molecule has 0 bridgehead atoms. The fraction of sp³-hybridized carbons (Fsp3) is 0.556. The molecule has 3 rings (SSSR count). The fourth-order valence-corrected chi connectivity index (χ4v) is 3.62. The molecule has 2 heterocycles. The highest BCUT2D eigenvalue weighted by Gasteiger charge is 2.26. The number of hydrogen-bond acceptors (Lipinski definition) is 4. The molecule has 24 heavy (non-hydrogen) atoms. The number of aromatic nitrogens is 1. The van der Waals surface area contributed by atoms with Crippen LogP contribution in [0.5, 0.6) is 0 Å². The molecule has 1 amide bonds. The van der Waals surface area contributed by atoms with Gasteiger partial charge in [0.1, 0.15) is 6.54 Å². The van der Waals surface area contributed by atoms with Crippen molar-refractivity contribution in [1.29, 1.82) is 0 Å². The molecule has 1 aliphatic rings. The van der Waals surface area contributed by atoms with Gasteiger partial charge in [0, 0.05) is 19.1 Å². The zero-order chi connectivity index (χ0) is 17.1. The number of benzene rings is 1. The summed E-state index contributed by atoms with van der Waals surface area (Å²) in [5, 5.41) is 0. The van der Waals surface area contributed by atoms with E-state index < -0.39 is 5.76 Å². The van der Waals surface area contributed by atoms with Gasteiger partial charge in [-0.05, 0) is 38.1 Å². The second kappa shape index (κ2) is 7.21. The molecule has 0 spiro atoms. The molecule has 0 N–H and O–H groups in total. The second-order valence-corrected chi connectivity index (χ2v) is 6.26. The van der Waals surface area contributed by atoms with E-state index in [1.807, 2.05) is 17.0 Å². The van der Waals surface area contributed by atoms with Gasteiger partial charge in [-0.15, -0.1) is 0 Å². The Labute approximate surface area is 141 Å². The Hall–Kier alpha value is -2.08. The number of amides is 1. The molecule has 0 aliphatic carbocycles. The summed E-state index contributed by atoms with van der Waals surface area (Å²) >= 11 is 0. The van der Waals surface area contributed by atoms with Crippen LogP contribution in [0.15, 0.2) is 33.5 Å². The van der Waals surface area contributed by atoms with E-state index in [0.29, 0.717) is 17.1 Å². The minimum Gasteiger partial charge on any atom is -0.408 e. The van der Waals surface area contributed by atoms with Crippen molar-refractivity contribution >= 4 is 17.0 Å². The summed E-state index contributed by atoms with van der Waals surface area (Å²) in [6, 6.07) is 7.76. The Morgan fingerprint density at radius 2 is 1.88 bits per heavy atom. The number of carbonyl (C=O) groups is 1. The van der Waals surface area contributed by atoms with E-state index in [1.54, 1.807) is 12.1 Å². The summed E-state index contributed by atoms with van der Waals surface area (Å²) in [5.41, 5.74) is 1.20. The molecule has 1 aromatic carbocycles. The molecule has 130 valence electrons. The maximum Gasteiger partial charge on any atom is 0.420 e. The predicted octanol–water partition coefficient (Wildman–Crippen LogP) is 1.93. The normalized spacial score (nSPS) is 16.2. The van der Waals surface area contributed by atoms with Crippen LogP contribution in [0.1, 0.15) is 26.7 Å². The number of piperidine rings is 1. The van der Waals surface area contributed by atoms with Crippen LogP contribution in [0, 0.1) is 0 Å². The first-order valence-corrected chi connectivity index (χ1v) is 8.74. The lowest BCUT2D eigenvalue weighted by Gasteiger charge is -2.37. The standard InChI is InChI=1S/C18H25N3O3/c1-3-19(4-2)14-9-11-20(12-10-14)17(22)13-21-15-7-5-6-8-16(15)24-18(21)23/h5-8,14H,3-4,9-13H2,1-2H3. The number of hydrogen-bond donors (Lipinski definition) is 0. The van der Waals surface area contributed by atoms with E-state index in [2.05, 4.69) is 18.7 Å². The van der Waals surface area contributed by atoms with E-state index in [-0.39, 0.29) is 12.5 Å². The Balaban J connectivity index is 1.66. The highest BCUT2D eigenvalue weighted by Crippen LogP contribution is 2.17. The van der Waals surface area contributed by atoms with Crippen molar-refractivity contribution in [2.45, 2.75) is 39.3 Å². The van der Waals surface area contributed by atoms with Crippen LogP contribution in [-0.2, 0) is 11.3 Å². The van der Waals surface area contributed by atoms with Gasteiger partial charge in [-0.25, -0.2) is 4.79 Å². The predicted molar refractivity (Wildman–Crippen MR) is 93.0 cm³/mol. The number of carbonyl (C=O) groups excluding carboxylic acids is 1. The zero-order valence-electron chi connectivity index (χ0n) is 14.4. The van der Waals surface area contributed by atoms with Gasteiger partial charge in [0.15, 0.2) is 5.58 Å². The lowest BCUT2D eigenvalue weighted by atomic mass is 10.0. The van der Waals surface area contributed by atoms with Crippen LogP contribution in [0.3, 0.4) is 0 Å². The first-order valence-electron chi connectivity index (χ1n) is 8.74. The maximum atomic E-state index is 12.6. The molecule has 0 radical (unpaired) electrons. The highest BCUT2D eigenvalue weighted by atomic mass is 16.4. The number of rotatable bonds is 5. The molecule has 0 unspecified atom stereocenters. The average Bonchev–Trinajstić information content (AvgIpc) is 2.92. The largest absolute Gasteiger partial charge is 0.420 e. The Bertz CT molecular complexity index is 752. The van der Waals surface area contributed by atoms with Gasteiger partial charge in [0.2, 0.25) is 5.91 Å². The maximum absolute atomic E-state index is 12.6. The molecule has 1 saturated heterocycles.